The van der Waals surface area contributed by atoms with Crippen molar-refractivity contribution in [1.82, 2.24) is 10.2 Å². The van der Waals surface area contributed by atoms with Crippen LogP contribution in [0.25, 0.3) is 0 Å². The number of benzene rings is 1. The van der Waals surface area contributed by atoms with Gasteiger partial charge in [0.1, 0.15) is 11.5 Å². The SMILES string of the molecule is COc1cc(CC(=O)Nc2n[nH]c3c2CCC3)cc(OC)c1. The average molecular weight is 301 g/mol. The highest BCUT2D eigenvalue weighted by Crippen LogP contribution is 2.27. The molecule has 1 heterocycles. The number of aryl methyl sites for hydroxylation is 1. The van der Waals surface area contributed by atoms with Crippen molar-refractivity contribution in [3.63, 3.8) is 0 Å². The molecule has 0 bridgehead atoms. The summed E-state index contributed by atoms with van der Waals surface area (Å²) in [5.74, 6) is 1.90. The van der Waals surface area contributed by atoms with Crippen LogP contribution in [0.1, 0.15) is 23.2 Å². The number of aromatic nitrogens is 2. The fraction of sp³-hybridized carbons (Fsp3) is 0.375. The number of hydrogen-bond donors (Lipinski definition) is 2. The van der Waals surface area contributed by atoms with Crippen LogP contribution < -0.4 is 14.8 Å². The van der Waals surface area contributed by atoms with Crippen molar-refractivity contribution < 1.29 is 14.3 Å². The Balaban J connectivity index is 1.71. The van der Waals surface area contributed by atoms with Gasteiger partial charge in [-0.3, -0.25) is 9.89 Å². The van der Waals surface area contributed by atoms with E-state index in [9.17, 15) is 4.79 Å². The summed E-state index contributed by atoms with van der Waals surface area (Å²) in [5, 5.41) is 10.1. The van der Waals surface area contributed by atoms with Crippen molar-refractivity contribution in [2.75, 3.05) is 19.5 Å². The van der Waals surface area contributed by atoms with Gasteiger partial charge >= 0.3 is 0 Å². The number of aromatic amines is 1. The second kappa shape index (κ2) is 6.09. The molecule has 116 valence electrons. The van der Waals surface area contributed by atoms with Gasteiger partial charge in [0, 0.05) is 17.3 Å². The number of methoxy groups -OCH3 is 2. The van der Waals surface area contributed by atoms with Gasteiger partial charge in [-0.1, -0.05) is 0 Å². The van der Waals surface area contributed by atoms with Gasteiger partial charge in [0.15, 0.2) is 5.82 Å². The van der Waals surface area contributed by atoms with E-state index >= 15 is 0 Å². The van der Waals surface area contributed by atoms with E-state index in [0.29, 0.717) is 17.3 Å². The fourth-order valence-corrected chi connectivity index (χ4v) is 2.75. The first-order chi connectivity index (χ1) is 10.7. The molecule has 2 aromatic rings. The van der Waals surface area contributed by atoms with Gasteiger partial charge in [0.05, 0.1) is 20.6 Å². The molecular formula is C16H19N3O3. The lowest BCUT2D eigenvalue weighted by Crippen LogP contribution is -2.15. The predicted octanol–water partition coefficient (Wildman–Crippen LogP) is 2.10. The Morgan fingerprint density at radius 1 is 1.23 bits per heavy atom. The largest absolute Gasteiger partial charge is 0.497 e. The summed E-state index contributed by atoms with van der Waals surface area (Å²) in [6.45, 7) is 0. The minimum atomic E-state index is -0.100. The lowest BCUT2D eigenvalue weighted by atomic mass is 10.1. The molecule has 1 aliphatic carbocycles. The van der Waals surface area contributed by atoms with E-state index in [4.69, 9.17) is 9.47 Å². The third-order valence-electron chi connectivity index (χ3n) is 3.84. The summed E-state index contributed by atoms with van der Waals surface area (Å²) >= 11 is 0. The summed E-state index contributed by atoms with van der Waals surface area (Å²) in [5.41, 5.74) is 3.11. The monoisotopic (exact) mass is 301 g/mol. The van der Waals surface area contributed by atoms with Gasteiger partial charge in [-0.2, -0.15) is 5.10 Å². The first-order valence-corrected chi connectivity index (χ1v) is 7.27. The van der Waals surface area contributed by atoms with Crippen LogP contribution in [0.4, 0.5) is 5.82 Å². The van der Waals surface area contributed by atoms with Crippen molar-refractivity contribution in [2.45, 2.75) is 25.7 Å². The average Bonchev–Trinajstić information content (AvgIpc) is 3.12. The van der Waals surface area contributed by atoms with Crippen molar-refractivity contribution in [3.05, 3.63) is 35.0 Å². The lowest BCUT2D eigenvalue weighted by Gasteiger charge is -2.08. The molecule has 3 rings (SSSR count). The zero-order chi connectivity index (χ0) is 15.5. The molecule has 6 nitrogen and oxygen atoms in total. The van der Waals surface area contributed by atoms with E-state index in [2.05, 4.69) is 15.5 Å². The van der Waals surface area contributed by atoms with E-state index in [1.807, 2.05) is 12.1 Å². The first-order valence-electron chi connectivity index (χ1n) is 7.27. The van der Waals surface area contributed by atoms with Gasteiger partial charge in [-0.05, 0) is 37.0 Å². The molecule has 0 saturated carbocycles. The number of H-pyrrole nitrogens is 1. The smallest absolute Gasteiger partial charge is 0.230 e. The molecule has 0 aliphatic heterocycles. The van der Waals surface area contributed by atoms with Crippen molar-refractivity contribution >= 4 is 11.7 Å². The van der Waals surface area contributed by atoms with E-state index in [1.165, 1.54) is 0 Å². The number of nitrogens with zero attached hydrogens (tertiary/aromatic N) is 1. The van der Waals surface area contributed by atoms with Gasteiger partial charge in [0.25, 0.3) is 0 Å². The van der Waals surface area contributed by atoms with Gasteiger partial charge in [-0.15, -0.1) is 0 Å². The summed E-state index contributed by atoms with van der Waals surface area (Å²) in [6, 6.07) is 5.44. The normalized spacial score (nSPS) is 12.8. The number of anilines is 1. The molecule has 1 amide bonds. The minimum Gasteiger partial charge on any atom is -0.497 e. The Bertz CT molecular complexity index is 672. The number of nitrogens with one attached hydrogen (secondary N) is 2. The summed E-state index contributed by atoms with van der Waals surface area (Å²) in [7, 11) is 3.18. The fourth-order valence-electron chi connectivity index (χ4n) is 2.75. The van der Waals surface area contributed by atoms with E-state index < -0.39 is 0 Å². The Morgan fingerprint density at radius 2 is 1.95 bits per heavy atom. The third kappa shape index (κ3) is 2.90. The number of carbonyl (C=O) groups excluding carboxylic acids is 1. The van der Waals surface area contributed by atoms with Crippen LogP contribution in [0.3, 0.4) is 0 Å². The van der Waals surface area contributed by atoms with E-state index in [-0.39, 0.29) is 12.3 Å². The third-order valence-corrected chi connectivity index (χ3v) is 3.84. The highest BCUT2D eigenvalue weighted by atomic mass is 16.5. The number of amides is 1. The molecule has 1 aromatic heterocycles. The van der Waals surface area contributed by atoms with Crippen molar-refractivity contribution in [2.24, 2.45) is 0 Å². The number of fused-ring (bicyclic) bond motifs is 1. The van der Waals surface area contributed by atoms with Crippen molar-refractivity contribution in [3.8, 4) is 11.5 Å². The van der Waals surface area contributed by atoms with Crippen LogP contribution in [-0.4, -0.2) is 30.3 Å². The Hall–Kier alpha value is -2.50. The van der Waals surface area contributed by atoms with Crippen LogP contribution >= 0.6 is 0 Å². The molecule has 6 heteroatoms. The molecule has 0 unspecified atom stereocenters. The predicted molar refractivity (Wildman–Crippen MR) is 82.5 cm³/mol. The van der Waals surface area contributed by atoms with Crippen LogP contribution in [-0.2, 0) is 24.1 Å². The highest BCUT2D eigenvalue weighted by molar-refractivity contribution is 5.92. The molecule has 0 spiro atoms. The van der Waals surface area contributed by atoms with E-state index in [0.717, 1.165) is 36.1 Å². The zero-order valence-corrected chi connectivity index (χ0v) is 12.7. The Kier molecular flexibility index (Phi) is 4.00. The summed E-state index contributed by atoms with van der Waals surface area (Å²) in [4.78, 5) is 12.2. The number of carbonyl (C=O) groups is 1. The molecule has 1 aliphatic rings. The Labute approximate surface area is 128 Å². The van der Waals surface area contributed by atoms with Crippen LogP contribution in [0.2, 0.25) is 0 Å². The second-order valence-electron chi connectivity index (χ2n) is 5.33. The molecule has 22 heavy (non-hydrogen) atoms. The zero-order valence-electron chi connectivity index (χ0n) is 12.7. The molecular weight excluding hydrogens is 282 g/mol. The highest BCUT2D eigenvalue weighted by Gasteiger charge is 2.19. The van der Waals surface area contributed by atoms with Crippen LogP contribution in [0, 0.1) is 0 Å². The standard InChI is InChI=1S/C16H19N3O3/c1-21-11-6-10(7-12(9-11)22-2)8-15(20)17-16-13-4-3-5-14(13)18-19-16/h6-7,9H,3-5,8H2,1-2H3,(H2,17,18,19,20). The molecule has 0 saturated heterocycles. The molecule has 2 N–H and O–H groups in total. The first kappa shape index (κ1) is 14.4. The minimum absolute atomic E-state index is 0.100. The molecule has 1 aromatic carbocycles. The van der Waals surface area contributed by atoms with E-state index in [1.54, 1.807) is 20.3 Å². The number of hydrogen-bond acceptors (Lipinski definition) is 4. The lowest BCUT2D eigenvalue weighted by molar-refractivity contribution is -0.115. The van der Waals surface area contributed by atoms with Gasteiger partial charge in [-0.25, -0.2) is 0 Å². The molecule has 0 atom stereocenters. The second-order valence-corrected chi connectivity index (χ2v) is 5.33. The quantitative estimate of drug-likeness (QED) is 0.886. The van der Waals surface area contributed by atoms with Crippen LogP contribution in [0.5, 0.6) is 11.5 Å². The van der Waals surface area contributed by atoms with Crippen LogP contribution in [0.15, 0.2) is 18.2 Å². The number of rotatable bonds is 5. The summed E-state index contributed by atoms with van der Waals surface area (Å²) < 4.78 is 10.4. The number of ether oxygens (including phenoxy) is 2. The maximum atomic E-state index is 12.2. The maximum Gasteiger partial charge on any atom is 0.230 e. The molecule has 0 fully saturated rings. The van der Waals surface area contributed by atoms with Gasteiger partial charge < -0.3 is 14.8 Å². The maximum absolute atomic E-state index is 12.2. The topological polar surface area (TPSA) is 76.2 Å². The molecule has 0 radical (unpaired) electrons. The summed E-state index contributed by atoms with van der Waals surface area (Å²) in [6.07, 6.45) is 3.33. The Morgan fingerprint density at radius 3 is 2.64 bits per heavy atom. The van der Waals surface area contributed by atoms with Gasteiger partial charge in [0.2, 0.25) is 5.91 Å². The van der Waals surface area contributed by atoms with Crippen molar-refractivity contribution in [1.29, 1.82) is 0 Å².